The van der Waals surface area contributed by atoms with Crippen molar-refractivity contribution in [3.05, 3.63) is 24.0 Å². The highest BCUT2D eigenvalue weighted by atomic mass is 19.1. The highest BCUT2D eigenvalue weighted by molar-refractivity contribution is 5.81. The molecular weight excluding hydrogens is 235 g/mol. The molecule has 1 aliphatic heterocycles. The van der Waals surface area contributed by atoms with Crippen molar-refractivity contribution in [1.29, 1.82) is 0 Å². The summed E-state index contributed by atoms with van der Waals surface area (Å²) in [5.41, 5.74) is 5.44. The first-order valence-electron chi connectivity index (χ1n) is 6.08. The largest absolute Gasteiger partial charge is 0.481 e. The summed E-state index contributed by atoms with van der Waals surface area (Å²) in [5, 5.41) is 0. The van der Waals surface area contributed by atoms with Crippen LogP contribution >= 0.6 is 0 Å². The van der Waals surface area contributed by atoms with Crippen LogP contribution < -0.4 is 10.5 Å². The molecule has 1 amide bonds. The Bertz CT molecular complexity index is 445. The zero-order valence-corrected chi connectivity index (χ0v) is 10.4. The third-order valence-corrected chi connectivity index (χ3v) is 3.05. The van der Waals surface area contributed by atoms with Gasteiger partial charge in [-0.05, 0) is 31.9 Å². The lowest BCUT2D eigenvalue weighted by atomic mass is 10.3. The fraction of sp³-hybridized carbons (Fsp3) is 0.462. The van der Waals surface area contributed by atoms with Crippen LogP contribution in [0.1, 0.15) is 19.8 Å². The normalized spacial score (nSPS) is 16.7. The third kappa shape index (κ3) is 2.72. The predicted molar refractivity (Wildman–Crippen MR) is 66.7 cm³/mol. The molecule has 1 aromatic rings. The predicted octanol–water partition coefficient (Wildman–Crippen LogP) is 1.80. The number of hydrogen-bond donors (Lipinski definition) is 1. The summed E-state index contributed by atoms with van der Waals surface area (Å²) >= 11 is 0. The fourth-order valence-electron chi connectivity index (χ4n) is 2.03. The van der Waals surface area contributed by atoms with Crippen LogP contribution in [0, 0.1) is 5.82 Å². The van der Waals surface area contributed by atoms with Crippen molar-refractivity contribution in [2.24, 2.45) is 0 Å². The number of nitrogens with zero attached hydrogens (tertiary/aromatic N) is 1. The monoisotopic (exact) mass is 252 g/mol. The van der Waals surface area contributed by atoms with Crippen LogP contribution in [-0.2, 0) is 4.79 Å². The number of carbonyl (C=O) groups is 1. The summed E-state index contributed by atoms with van der Waals surface area (Å²) in [6, 6.07) is 4.19. The van der Waals surface area contributed by atoms with Gasteiger partial charge in [0.05, 0.1) is 5.69 Å². The number of rotatable bonds is 3. The smallest absolute Gasteiger partial charge is 0.263 e. The number of carbonyl (C=O) groups excluding carboxylic acids is 1. The molecule has 0 radical (unpaired) electrons. The molecule has 0 saturated carbocycles. The molecule has 1 saturated heterocycles. The van der Waals surface area contributed by atoms with Gasteiger partial charge in [0.15, 0.2) is 6.10 Å². The van der Waals surface area contributed by atoms with E-state index < -0.39 is 11.9 Å². The molecule has 0 bridgehead atoms. The molecule has 1 aromatic carbocycles. The van der Waals surface area contributed by atoms with E-state index in [0.717, 1.165) is 25.9 Å². The molecule has 1 heterocycles. The van der Waals surface area contributed by atoms with Crippen molar-refractivity contribution < 1.29 is 13.9 Å². The lowest BCUT2D eigenvalue weighted by molar-refractivity contribution is -0.136. The van der Waals surface area contributed by atoms with Gasteiger partial charge < -0.3 is 15.4 Å². The second-order valence-corrected chi connectivity index (χ2v) is 4.48. The first kappa shape index (κ1) is 12.7. The van der Waals surface area contributed by atoms with Crippen LogP contribution in [0.15, 0.2) is 18.2 Å². The summed E-state index contributed by atoms with van der Waals surface area (Å²) in [7, 11) is 0. The average Bonchev–Trinajstić information content (AvgIpc) is 2.86. The van der Waals surface area contributed by atoms with Crippen LogP contribution in [-0.4, -0.2) is 30.0 Å². The van der Waals surface area contributed by atoms with Crippen molar-refractivity contribution in [2.75, 3.05) is 18.8 Å². The minimum Gasteiger partial charge on any atom is -0.481 e. The maximum atomic E-state index is 13.2. The Hall–Kier alpha value is -1.78. The quantitative estimate of drug-likeness (QED) is 0.834. The van der Waals surface area contributed by atoms with Gasteiger partial charge in [0.2, 0.25) is 0 Å². The fourth-order valence-corrected chi connectivity index (χ4v) is 2.03. The van der Waals surface area contributed by atoms with Gasteiger partial charge in [-0.1, -0.05) is 0 Å². The minimum absolute atomic E-state index is 0.0512. The lowest BCUT2D eigenvalue weighted by Crippen LogP contribution is -2.38. The Morgan fingerprint density at radius 2 is 2.11 bits per heavy atom. The third-order valence-electron chi connectivity index (χ3n) is 3.05. The molecule has 0 spiro atoms. The average molecular weight is 252 g/mol. The second-order valence-electron chi connectivity index (χ2n) is 4.48. The number of halogens is 1. The zero-order chi connectivity index (χ0) is 13.1. The molecule has 0 aliphatic carbocycles. The summed E-state index contributed by atoms with van der Waals surface area (Å²) in [6.07, 6.45) is 1.47. The van der Waals surface area contributed by atoms with Crippen molar-refractivity contribution in [2.45, 2.75) is 25.9 Å². The molecular formula is C13H17FN2O2. The Kier molecular flexibility index (Phi) is 3.69. The number of likely N-dealkylation sites (tertiary alicyclic amines) is 1. The van der Waals surface area contributed by atoms with E-state index in [1.807, 2.05) is 0 Å². The highest BCUT2D eigenvalue weighted by Crippen LogP contribution is 2.20. The maximum absolute atomic E-state index is 13.2. The van der Waals surface area contributed by atoms with Gasteiger partial charge in [-0.15, -0.1) is 0 Å². The molecule has 1 aliphatic rings. The van der Waals surface area contributed by atoms with Crippen LogP contribution in [0.2, 0.25) is 0 Å². The van der Waals surface area contributed by atoms with Gasteiger partial charge in [0, 0.05) is 19.2 Å². The molecule has 1 atom stereocenters. The molecule has 2 rings (SSSR count). The van der Waals surface area contributed by atoms with E-state index in [1.54, 1.807) is 17.9 Å². The number of nitrogen functional groups attached to an aromatic ring is 1. The minimum atomic E-state index is -0.605. The molecule has 4 nitrogen and oxygen atoms in total. The molecule has 5 heteroatoms. The van der Waals surface area contributed by atoms with Crippen LogP contribution in [0.3, 0.4) is 0 Å². The number of amides is 1. The molecule has 1 fully saturated rings. The van der Waals surface area contributed by atoms with Gasteiger partial charge >= 0.3 is 0 Å². The van der Waals surface area contributed by atoms with Gasteiger partial charge in [0.1, 0.15) is 11.6 Å². The lowest BCUT2D eigenvalue weighted by Gasteiger charge is -2.21. The summed E-state index contributed by atoms with van der Waals surface area (Å²) in [6.45, 7) is 3.24. The van der Waals surface area contributed by atoms with Gasteiger partial charge in [-0.25, -0.2) is 4.39 Å². The van der Waals surface area contributed by atoms with Crippen LogP contribution in [0.5, 0.6) is 5.75 Å². The van der Waals surface area contributed by atoms with E-state index in [2.05, 4.69) is 0 Å². The van der Waals surface area contributed by atoms with Crippen molar-refractivity contribution in [3.63, 3.8) is 0 Å². The van der Waals surface area contributed by atoms with Gasteiger partial charge in [0.25, 0.3) is 5.91 Å². The highest BCUT2D eigenvalue weighted by Gasteiger charge is 2.24. The van der Waals surface area contributed by atoms with E-state index in [4.69, 9.17) is 10.5 Å². The number of nitrogens with two attached hydrogens (primary N) is 1. The SMILES string of the molecule is CC(Oc1ccc(N)c(F)c1)C(=O)N1CCCC1. The van der Waals surface area contributed by atoms with E-state index in [-0.39, 0.29) is 11.6 Å². The number of ether oxygens (including phenoxy) is 1. The molecule has 0 aromatic heterocycles. The molecule has 2 N–H and O–H groups in total. The standard InChI is InChI=1S/C13H17FN2O2/c1-9(13(17)16-6-2-3-7-16)18-10-4-5-12(15)11(14)8-10/h4-5,8-9H,2-3,6-7,15H2,1H3. The summed E-state index contributed by atoms with van der Waals surface area (Å²) in [5.74, 6) is -0.264. The topological polar surface area (TPSA) is 55.6 Å². The van der Waals surface area contributed by atoms with E-state index >= 15 is 0 Å². The Morgan fingerprint density at radius 1 is 1.44 bits per heavy atom. The summed E-state index contributed by atoms with van der Waals surface area (Å²) in [4.78, 5) is 13.8. The van der Waals surface area contributed by atoms with Gasteiger partial charge in [-0.2, -0.15) is 0 Å². The van der Waals surface area contributed by atoms with E-state index in [9.17, 15) is 9.18 Å². The molecule has 18 heavy (non-hydrogen) atoms. The van der Waals surface area contributed by atoms with Crippen molar-refractivity contribution in [1.82, 2.24) is 4.90 Å². The first-order chi connectivity index (χ1) is 8.58. The van der Waals surface area contributed by atoms with Crippen molar-refractivity contribution >= 4 is 11.6 Å². The number of anilines is 1. The van der Waals surface area contributed by atoms with E-state index in [1.165, 1.54) is 12.1 Å². The number of hydrogen-bond acceptors (Lipinski definition) is 3. The molecule has 1 unspecified atom stereocenters. The first-order valence-corrected chi connectivity index (χ1v) is 6.08. The van der Waals surface area contributed by atoms with Crippen LogP contribution in [0.25, 0.3) is 0 Å². The second kappa shape index (κ2) is 5.25. The maximum Gasteiger partial charge on any atom is 0.263 e. The Morgan fingerprint density at radius 3 is 2.72 bits per heavy atom. The molecule has 98 valence electrons. The number of benzene rings is 1. The Labute approximate surface area is 106 Å². The van der Waals surface area contributed by atoms with E-state index in [0.29, 0.717) is 5.75 Å². The Balaban J connectivity index is 1.99. The zero-order valence-electron chi connectivity index (χ0n) is 10.4. The van der Waals surface area contributed by atoms with Gasteiger partial charge in [-0.3, -0.25) is 4.79 Å². The summed E-state index contributed by atoms with van der Waals surface area (Å²) < 4.78 is 18.7. The van der Waals surface area contributed by atoms with Crippen LogP contribution in [0.4, 0.5) is 10.1 Å². The van der Waals surface area contributed by atoms with Crippen molar-refractivity contribution in [3.8, 4) is 5.75 Å².